The van der Waals surface area contributed by atoms with E-state index in [9.17, 15) is 0 Å². The van der Waals surface area contributed by atoms with E-state index in [0.29, 0.717) is 0 Å². The number of hydrogen-bond donors (Lipinski definition) is 0. The maximum atomic E-state index is 3.39. The minimum Gasteiger partial charge on any atom is -0.0654 e. The van der Waals surface area contributed by atoms with Crippen LogP contribution in [0.1, 0.15) is 42.9 Å². The molecule has 0 heterocycles. The minimum absolute atomic E-state index is 1.06. The number of unbranched alkanes of at least 4 members (excludes halogenated alkanes) is 2. The molecule has 3 rings (SSSR count). The molecule has 2 aromatic carbocycles. The van der Waals surface area contributed by atoms with Crippen LogP contribution >= 0.6 is 0 Å². The third-order valence-electron chi connectivity index (χ3n) is 3.87. The van der Waals surface area contributed by atoms with Crippen LogP contribution in [0.5, 0.6) is 0 Å². The molecule has 2 aromatic rings. The lowest BCUT2D eigenvalue weighted by molar-refractivity contribution is 0.718. The summed E-state index contributed by atoms with van der Waals surface area (Å²) in [4.78, 5) is 0. The van der Waals surface area contributed by atoms with Crippen LogP contribution in [-0.2, 0) is 12.8 Å². The third kappa shape index (κ3) is 1.96. The van der Waals surface area contributed by atoms with Gasteiger partial charge in [0.2, 0.25) is 0 Å². The zero-order valence-corrected chi connectivity index (χ0v) is 11.0. The molecule has 0 amide bonds. The van der Waals surface area contributed by atoms with Crippen molar-refractivity contribution in [2.24, 2.45) is 0 Å². The first-order valence-electron chi connectivity index (χ1n) is 7.01. The van der Waals surface area contributed by atoms with E-state index in [4.69, 9.17) is 0 Å². The molecule has 0 saturated carbocycles. The van der Waals surface area contributed by atoms with Crippen LogP contribution in [0, 0.1) is 6.07 Å². The molecule has 18 heavy (non-hydrogen) atoms. The molecule has 1 radical (unpaired) electrons. The van der Waals surface area contributed by atoms with Crippen molar-refractivity contribution in [3.05, 3.63) is 59.2 Å². The molecule has 0 bridgehead atoms. The monoisotopic (exact) mass is 235 g/mol. The molecule has 0 N–H and O–H groups in total. The van der Waals surface area contributed by atoms with Gasteiger partial charge in [-0.2, -0.15) is 0 Å². The highest BCUT2D eigenvalue weighted by molar-refractivity contribution is 5.79. The largest absolute Gasteiger partial charge is 0.0654 e. The summed E-state index contributed by atoms with van der Waals surface area (Å²) in [6, 6.07) is 16.6. The molecule has 0 atom stereocenters. The van der Waals surface area contributed by atoms with E-state index in [1.807, 2.05) is 6.07 Å². The number of benzene rings is 2. The van der Waals surface area contributed by atoms with Crippen LogP contribution in [-0.4, -0.2) is 0 Å². The van der Waals surface area contributed by atoms with Gasteiger partial charge in [-0.3, -0.25) is 0 Å². The summed E-state index contributed by atoms with van der Waals surface area (Å²) in [5.74, 6) is 0. The van der Waals surface area contributed by atoms with Gasteiger partial charge in [0.15, 0.2) is 0 Å². The maximum Gasteiger partial charge on any atom is -0.000718 e. The smallest absolute Gasteiger partial charge is 0.000718 e. The van der Waals surface area contributed by atoms with E-state index in [-0.39, 0.29) is 0 Å². The van der Waals surface area contributed by atoms with Crippen molar-refractivity contribution in [3.8, 4) is 11.1 Å². The molecular formula is C18H19. The fourth-order valence-electron chi connectivity index (χ4n) is 2.96. The second-order valence-corrected chi connectivity index (χ2v) is 5.15. The topological polar surface area (TPSA) is 0 Å². The molecule has 0 aromatic heterocycles. The van der Waals surface area contributed by atoms with E-state index in [2.05, 4.69) is 43.3 Å². The van der Waals surface area contributed by atoms with Crippen LogP contribution in [0.2, 0.25) is 0 Å². The Hall–Kier alpha value is -1.56. The lowest BCUT2D eigenvalue weighted by Crippen LogP contribution is -1.91. The van der Waals surface area contributed by atoms with Gasteiger partial charge in [0, 0.05) is 0 Å². The number of hydrogen-bond acceptors (Lipinski definition) is 0. The van der Waals surface area contributed by atoms with Gasteiger partial charge in [-0.25, -0.2) is 0 Å². The van der Waals surface area contributed by atoms with Gasteiger partial charge in [0.25, 0.3) is 0 Å². The first-order valence-corrected chi connectivity index (χ1v) is 7.01. The van der Waals surface area contributed by atoms with Crippen molar-refractivity contribution in [2.45, 2.75) is 39.0 Å². The van der Waals surface area contributed by atoms with Crippen molar-refractivity contribution in [1.29, 1.82) is 0 Å². The first kappa shape index (κ1) is 11.5. The molecule has 0 spiro atoms. The van der Waals surface area contributed by atoms with Gasteiger partial charge in [0.05, 0.1) is 0 Å². The maximum absolute atomic E-state index is 3.39. The highest BCUT2D eigenvalue weighted by atomic mass is 14.2. The zero-order chi connectivity index (χ0) is 12.4. The summed E-state index contributed by atoms with van der Waals surface area (Å²) in [7, 11) is 0. The standard InChI is InChI=1S/C18H19/c1-2-3-4-8-14-10-7-11-16-13-15-9-5-6-12-17(15)18(14)16/h5-7,10-12H,2-4,8,13H2,1H3. The van der Waals surface area contributed by atoms with Crippen molar-refractivity contribution >= 4 is 0 Å². The molecule has 0 fully saturated rings. The molecule has 1 aliphatic carbocycles. The Kier molecular flexibility index (Phi) is 3.19. The van der Waals surface area contributed by atoms with Gasteiger partial charge in [-0.05, 0) is 53.1 Å². The van der Waals surface area contributed by atoms with Crippen LogP contribution in [0.25, 0.3) is 11.1 Å². The quantitative estimate of drug-likeness (QED) is 0.570. The molecule has 91 valence electrons. The minimum atomic E-state index is 1.06. The predicted octanol–water partition coefficient (Wildman–Crippen LogP) is 4.79. The molecule has 1 aliphatic rings. The van der Waals surface area contributed by atoms with E-state index in [1.165, 1.54) is 53.5 Å². The van der Waals surface area contributed by atoms with Crippen molar-refractivity contribution in [1.82, 2.24) is 0 Å². The van der Waals surface area contributed by atoms with Gasteiger partial charge in [-0.15, -0.1) is 0 Å². The fraction of sp³-hybridized carbons (Fsp3) is 0.333. The third-order valence-corrected chi connectivity index (χ3v) is 3.87. The summed E-state index contributed by atoms with van der Waals surface area (Å²) in [5, 5.41) is 0. The SMILES string of the molecule is CCCCCc1cccc2c1-c1ccc[c]c1C2. The second-order valence-electron chi connectivity index (χ2n) is 5.15. The van der Waals surface area contributed by atoms with Crippen molar-refractivity contribution in [2.75, 3.05) is 0 Å². The Bertz CT molecular complexity index is 552. The van der Waals surface area contributed by atoms with Gasteiger partial charge < -0.3 is 0 Å². The molecule has 0 nitrogen and oxygen atoms in total. The van der Waals surface area contributed by atoms with Crippen LogP contribution in [0.4, 0.5) is 0 Å². The van der Waals surface area contributed by atoms with Crippen LogP contribution < -0.4 is 0 Å². The Morgan fingerprint density at radius 3 is 2.94 bits per heavy atom. The van der Waals surface area contributed by atoms with E-state index in [0.717, 1.165) is 6.42 Å². The summed E-state index contributed by atoms with van der Waals surface area (Å²) in [6.07, 6.45) is 6.20. The van der Waals surface area contributed by atoms with Gasteiger partial charge in [-0.1, -0.05) is 56.2 Å². The summed E-state index contributed by atoms with van der Waals surface area (Å²) in [6.45, 7) is 2.26. The van der Waals surface area contributed by atoms with E-state index in [1.54, 1.807) is 0 Å². The van der Waals surface area contributed by atoms with E-state index < -0.39 is 0 Å². The average Bonchev–Trinajstić information content (AvgIpc) is 2.78. The number of fused-ring (bicyclic) bond motifs is 3. The first-order chi connectivity index (χ1) is 8.90. The zero-order valence-electron chi connectivity index (χ0n) is 11.0. The predicted molar refractivity (Wildman–Crippen MR) is 76.7 cm³/mol. The van der Waals surface area contributed by atoms with E-state index >= 15 is 0 Å². The Morgan fingerprint density at radius 1 is 1.11 bits per heavy atom. The fourth-order valence-corrected chi connectivity index (χ4v) is 2.96. The summed E-state index contributed by atoms with van der Waals surface area (Å²) >= 11 is 0. The molecule has 0 heteroatoms. The lowest BCUT2D eigenvalue weighted by Gasteiger charge is -2.09. The van der Waals surface area contributed by atoms with Crippen molar-refractivity contribution < 1.29 is 0 Å². The van der Waals surface area contributed by atoms with Crippen LogP contribution in [0.3, 0.4) is 0 Å². The molecule has 0 saturated heterocycles. The number of rotatable bonds is 4. The second kappa shape index (κ2) is 4.97. The molecule has 0 unspecified atom stereocenters. The Labute approximate surface area is 110 Å². The molecule has 0 aliphatic heterocycles. The van der Waals surface area contributed by atoms with Crippen molar-refractivity contribution in [3.63, 3.8) is 0 Å². The van der Waals surface area contributed by atoms with Gasteiger partial charge in [0.1, 0.15) is 0 Å². The Balaban J connectivity index is 1.98. The number of aryl methyl sites for hydroxylation is 1. The lowest BCUT2D eigenvalue weighted by atomic mass is 9.96. The normalized spacial score (nSPS) is 12.3. The van der Waals surface area contributed by atoms with Gasteiger partial charge >= 0.3 is 0 Å². The van der Waals surface area contributed by atoms with Crippen LogP contribution in [0.15, 0.2) is 36.4 Å². The average molecular weight is 235 g/mol. The summed E-state index contributed by atoms with van der Waals surface area (Å²) in [5.41, 5.74) is 7.30. The highest BCUT2D eigenvalue weighted by Gasteiger charge is 2.20. The highest BCUT2D eigenvalue weighted by Crippen LogP contribution is 2.38. The molecular weight excluding hydrogens is 216 g/mol. The Morgan fingerprint density at radius 2 is 2.06 bits per heavy atom. The summed E-state index contributed by atoms with van der Waals surface area (Å²) < 4.78 is 0.